The molecule has 0 aromatic carbocycles. The first-order valence-corrected chi connectivity index (χ1v) is 8.47. The molecular formula is C17H22N2O3S. The molecule has 0 fully saturated rings. The van der Waals surface area contributed by atoms with Crippen molar-refractivity contribution in [3.63, 3.8) is 0 Å². The van der Waals surface area contributed by atoms with Crippen LogP contribution in [0.15, 0.2) is 39.9 Å². The molecule has 0 saturated heterocycles. The van der Waals surface area contributed by atoms with E-state index in [1.165, 1.54) is 11.8 Å². The second-order valence-electron chi connectivity index (χ2n) is 5.64. The van der Waals surface area contributed by atoms with Crippen LogP contribution >= 0.6 is 11.8 Å². The number of carbonyl (C=O) groups is 1. The molecule has 1 atom stereocenters. The van der Waals surface area contributed by atoms with Crippen LogP contribution in [0.1, 0.15) is 30.4 Å². The van der Waals surface area contributed by atoms with Gasteiger partial charge in [0.05, 0.1) is 11.6 Å². The molecule has 0 spiro atoms. The van der Waals surface area contributed by atoms with Gasteiger partial charge in [0, 0.05) is 23.9 Å². The van der Waals surface area contributed by atoms with E-state index in [0.29, 0.717) is 23.5 Å². The van der Waals surface area contributed by atoms with Crippen molar-refractivity contribution in [3.05, 3.63) is 47.5 Å². The lowest BCUT2D eigenvalue weighted by Gasteiger charge is -2.23. The van der Waals surface area contributed by atoms with Gasteiger partial charge in [0.25, 0.3) is 0 Å². The third-order valence-corrected chi connectivity index (χ3v) is 4.41. The smallest absolute Gasteiger partial charge is 0.220 e. The van der Waals surface area contributed by atoms with Gasteiger partial charge in [0.2, 0.25) is 5.91 Å². The Hall–Kier alpha value is -1.79. The van der Waals surface area contributed by atoms with Crippen LogP contribution in [0.4, 0.5) is 0 Å². The molecule has 2 heterocycles. The van der Waals surface area contributed by atoms with Crippen molar-refractivity contribution >= 4 is 17.7 Å². The topological polar surface area (TPSA) is 75.4 Å². The monoisotopic (exact) mass is 334 g/mol. The van der Waals surface area contributed by atoms with E-state index in [9.17, 15) is 9.90 Å². The second-order valence-corrected chi connectivity index (χ2v) is 6.76. The highest BCUT2D eigenvalue weighted by molar-refractivity contribution is 7.99. The van der Waals surface area contributed by atoms with Gasteiger partial charge >= 0.3 is 0 Å². The number of carbonyl (C=O) groups excluding carboxylic acids is 1. The molecule has 0 bridgehead atoms. The number of furan rings is 1. The van der Waals surface area contributed by atoms with Crippen molar-refractivity contribution in [2.24, 2.45) is 0 Å². The molecule has 0 aliphatic carbocycles. The van der Waals surface area contributed by atoms with Crippen LogP contribution < -0.4 is 5.32 Å². The van der Waals surface area contributed by atoms with E-state index in [1.54, 1.807) is 19.2 Å². The van der Waals surface area contributed by atoms with E-state index in [1.807, 2.05) is 32.0 Å². The normalized spacial score (nSPS) is 13.6. The molecule has 2 N–H and O–H groups in total. The molecule has 2 aromatic heterocycles. The van der Waals surface area contributed by atoms with Gasteiger partial charge in [-0.25, -0.2) is 4.98 Å². The summed E-state index contributed by atoms with van der Waals surface area (Å²) in [6, 6.07) is 7.50. The van der Waals surface area contributed by atoms with Crippen LogP contribution in [0.5, 0.6) is 0 Å². The summed E-state index contributed by atoms with van der Waals surface area (Å²) < 4.78 is 5.44. The first kappa shape index (κ1) is 17.6. The van der Waals surface area contributed by atoms with Gasteiger partial charge < -0.3 is 14.8 Å². The number of aryl methyl sites for hydroxylation is 2. The van der Waals surface area contributed by atoms with Gasteiger partial charge in [-0.2, -0.15) is 0 Å². The highest BCUT2D eigenvalue weighted by Gasteiger charge is 2.28. The van der Waals surface area contributed by atoms with Gasteiger partial charge in [0.15, 0.2) is 0 Å². The fraction of sp³-hybridized carbons (Fsp3) is 0.412. The minimum Gasteiger partial charge on any atom is -0.466 e. The zero-order valence-corrected chi connectivity index (χ0v) is 14.4. The predicted molar refractivity (Wildman–Crippen MR) is 90.3 cm³/mol. The zero-order valence-electron chi connectivity index (χ0n) is 13.6. The summed E-state index contributed by atoms with van der Waals surface area (Å²) in [5, 5.41) is 14.2. The summed E-state index contributed by atoms with van der Waals surface area (Å²) in [7, 11) is 0. The van der Waals surface area contributed by atoms with E-state index in [4.69, 9.17) is 4.42 Å². The molecule has 2 rings (SSSR count). The number of nitrogens with zero attached hydrogens (tertiary/aromatic N) is 1. The Kier molecular flexibility index (Phi) is 5.85. The van der Waals surface area contributed by atoms with Crippen molar-refractivity contribution in [2.75, 3.05) is 12.3 Å². The first-order chi connectivity index (χ1) is 10.9. The summed E-state index contributed by atoms with van der Waals surface area (Å²) in [5.41, 5.74) is -0.441. The number of hydrogen-bond acceptors (Lipinski definition) is 5. The molecule has 124 valence electrons. The van der Waals surface area contributed by atoms with Crippen molar-refractivity contribution in [2.45, 2.75) is 37.8 Å². The maximum atomic E-state index is 11.9. The standard InChI is InChI=1S/C17H22N2O3S/c1-12-10-14(13(2)22-12)17(3,21)11-19-15(20)7-9-23-16-6-4-5-8-18-16/h4-6,8,10,21H,7,9,11H2,1-3H3,(H,19,20). The third-order valence-electron chi connectivity index (χ3n) is 3.47. The summed E-state index contributed by atoms with van der Waals surface area (Å²) in [6.45, 7) is 5.47. The molecule has 1 unspecified atom stereocenters. The fourth-order valence-corrected chi connectivity index (χ4v) is 3.11. The summed E-state index contributed by atoms with van der Waals surface area (Å²) in [6.07, 6.45) is 2.11. The van der Waals surface area contributed by atoms with E-state index in [2.05, 4.69) is 10.3 Å². The molecule has 23 heavy (non-hydrogen) atoms. The number of aromatic nitrogens is 1. The summed E-state index contributed by atoms with van der Waals surface area (Å²) >= 11 is 1.53. The SMILES string of the molecule is Cc1cc(C(C)(O)CNC(=O)CCSc2ccccn2)c(C)o1. The number of rotatable bonds is 7. The molecule has 0 aliphatic rings. The quantitative estimate of drug-likeness (QED) is 0.762. The average Bonchev–Trinajstić information content (AvgIpc) is 2.86. The Morgan fingerprint density at radius 3 is 2.83 bits per heavy atom. The van der Waals surface area contributed by atoms with Gasteiger partial charge in [-0.15, -0.1) is 11.8 Å². The maximum Gasteiger partial charge on any atom is 0.220 e. The highest BCUT2D eigenvalue weighted by Crippen LogP contribution is 2.26. The van der Waals surface area contributed by atoms with Crippen LogP contribution in [-0.4, -0.2) is 28.3 Å². The van der Waals surface area contributed by atoms with E-state index >= 15 is 0 Å². The Balaban J connectivity index is 1.78. The van der Waals surface area contributed by atoms with E-state index in [-0.39, 0.29) is 12.5 Å². The first-order valence-electron chi connectivity index (χ1n) is 7.49. The van der Waals surface area contributed by atoms with Crippen LogP contribution in [0.3, 0.4) is 0 Å². The van der Waals surface area contributed by atoms with Crippen molar-refractivity contribution in [1.29, 1.82) is 0 Å². The van der Waals surface area contributed by atoms with Crippen LogP contribution in [0.2, 0.25) is 0 Å². The number of nitrogens with one attached hydrogen (secondary N) is 1. The van der Waals surface area contributed by atoms with Crippen molar-refractivity contribution in [1.82, 2.24) is 10.3 Å². The molecule has 2 aromatic rings. The number of hydrogen-bond donors (Lipinski definition) is 2. The molecular weight excluding hydrogens is 312 g/mol. The van der Waals surface area contributed by atoms with E-state index < -0.39 is 5.60 Å². The minimum absolute atomic E-state index is 0.0911. The van der Waals surface area contributed by atoms with E-state index in [0.717, 1.165) is 10.8 Å². The Morgan fingerprint density at radius 1 is 1.43 bits per heavy atom. The Morgan fingerprint density at radius 2 is 2.22 bits per heavy atom. The van der Waals surface area contributed by atoms with Crippen LogP contribution in [0.25, 0.3) is 0 Å². The number of amides is 1. The molecule has 0 radical (unpaired) electrons. The van der Waals surface area contributed by atoms with Crippen LogP contribution in [-0.2, 0) is 10.4 Å². The molecule has 5 nitrogen and oxygen atoms in total. The predicted octanol–water partition coefficient (Wildman–Crippen LogP) is 2.80. The lowest BCUT2D eigenvalue weighted by Crippen LogP contribution is -2.38. The van der Waals surface area contributed by atoms with Gasteiger partial charge in [0.1, 0.15) is 17.1 Å². The number of pyridine rings is 1. The zero-order chi connectivity index (χ0) is 16.9. The molecule has 0 aliphatic heterocycles. The molecule has 6 heteroatoms. The molecule has 0 saturated carbocycles. The highest BCUT2D eigenvalue weighted by atomic mass is 32.2. The Bertz CT molecular complexity index is 653. The fourth-order valence-electron chi connectivity index (χ4n) is 2.30. The average molecular weight is 334 g/mol. The van der Waals surface area contributed by atoms with Gasteiger partial charge in [-0.1, -0.05) is 6.07 Å². The lowest BCUT2D eigenvalue weighted by atomic mass is 9.96. The summed E-state index contributed by atoms with van der Waals surface area (Å²) in [5.74, 6) is 1.98. The lowest BCUT2D eigenvalue weighted by molar-refractivity contribution is -0.121. The summed E-state index contributed by atoms with van der Waals surface area (Å²) in [4.78, 5) is 16.1. The van der Waals surface area contributed by atoms with Crippen molar-refractivity contribution in [3.8, 4) is 0 Å². The number of aliphatic hydroxyl groups is 1. The maximum absolute atomic E-state index is 11.9. The largest absolute Gasteiger partial charge is 0.466 e. The van der Waals surface area contributed by atoms with Crippen molar-refractivity contribution < 1.29 is 14.3 Å². The third kappa shape index (κ3) is 5.11. The second kappa shape index (κ2) is 7.66. The Labute approximate surface area is 140 Å². The van der Waals surface area contributed by atoms with Gasteiger partial charge in [-0.3, -0.25) is 4.79 Å². The number of thioether (sulfide) groups is 1. The molecule has 1 amide bonds. The van der Waals surface area contributed by atoms with Gasteiger partial charge in [-0.05, 0) is 39.0 Å². The minimum atomic E-state index is -1.15. The van der Waals surface area contributed by atoms with Crippen LogP contribution in [0, 0.1) is 13.8 Å².